The highest BCUT2D eigenvalue weighted by Gasteiger charge is 2.25. The van der Waals surface area contributed by atoms with Crippen LogP contribution in [0.4, 0.5) is 5.69 Å². The third kappa shape index (κ3) is 3.63. The second-order valence-electron chi connectivity index (χ2n) is 5.04. The number of sulfonamides is 1. The smallest absolute Gasteiger partial charge is 0.240 e. The number of nitrogens with one attached hydrogen (secondary N) is 1. The van der Waals surface area contributed by atoms with Gasteiger partial charge < -0.3 is 10.5 Å². The molecular formula is C13H19ClN2O3S. The first-order valence-corrected chi connectivity index (χ1v) is 8.41. The number of hydrogen-bond acceptors (Lipinski definition) is 4. The van der Waals surface area contributed by atoms with Crippen LogP contribution in [0.3, 0.4) is 0 Å². The lowest BCUT2D eigenvalue weighted by Gasteiger charge is -2.28. The van der Waals surface area contributed by atoms with Crippen molar-refractivity contribution in [1.82, 2.24) is 4.72 Å². The van der Waals surface area contributed by atoms with Crippen LogP contribution in [0, 0.1) is 5.92 Å². The molecule has 0 spiro atoms. The predicted octanol–water partition coefficient (Wildman–Crippen LogP) is 2.02. The van der Waals surface area contributed by atoms with Gasteiger partial charge in [-0.15, -0.1) is 0 Å². The van der Waals surface area contributed by atoms with E-state index in [1.165, 1.54) is 18.2 Å². The number of anilines is 1. The van der Waals surface area contributed by atoms with Crippen LogP contribution in [0.2, 0.25) is 5.02 Å². The Bertz CT molecular complexity index is 571. The van der Waals surface area contributed by atoms with Gasteiger partial charge in [0.05, 0.1) is 15.6 Å². The van der Waals surface area contributed by atoms with E-state index in [0.717, 1.165) is 12.8 Å². The number of hydrogen-bond donors (Lipinski definition) is 2. The number of rotatable bonds is 4. The van der Waals surface area contributed by atoms with E-state index in [1.54, 1.807) is 0 Å². The molecule has 1 aromatic rings. The molecule has 0 saturated carbocycles. The number of halogens is 1. The second-order valence-corrected chi connectivity index (χ2v) is 7.16. The SMILES string of the molecule is CC(NS(=O)(=O)c1ccc(Cl)c(N)c1)C1CCOCC1. The molecule has 1 atom stereocenters. The molecule has 20 heavy (non-hydrogen) atoms. The van der Waals surface area contributed by atoms with Crippen LogP contribution < -0.4 is 10.5 Å². The first-order chi connectivity index (χ1) is 9.40. The molecule has 1 aromatic carbocycles. The minimum atomic E-state index is -3.58. The standard InChI is InChI=1S/C13H19ClN2O3S/c1-9(10-4-6-19-7-5-10)16-20(17,18)11-2-3-12(14)13(15)8-11/h2-3,8-10,16H,4-7,15H2,1H3. The fourth-order valence-electron chi connectivity index (χ4n) is 2.31. The second kappa shape index (κ2) is 6.30. The molecule has 5 nitrogen and oxygen atoms in total. The van der Waals surface area contributed by atoms with Crippen molar-refractivity contribution in [3.05, 3.63) is 23.2 Å². The molecule has 112 valence electrons. The Morgan fingerprint density at radius 3 is 2.65 bits per heavy atom. The van der Waals surface area contributed by atoms with Crippen LogP contribution in [0.1, 0.15) is 19.8 Å². The number of nitrogens with two attached hydrogens (primary N) is 1. The van der Waals surface area contributed by atoms with Crippen LogP contribution in [0.15, 0.2) is 23.1 Å². The third-order valence-corrected chi connectivity index (χ3v) is 5.49. The molecule has 1 heterocycles. The number of nitrogen functional groups attached to an aromatic ring is 1. The number of ether oxygens (including phenoxy) is 1. The van der Waals surface area contributed by atoms with Gasteiger partial charge in [-0.05, 0) is 43.9 Å². The summed E-state index contributed by atoms with van der Waals surface area (Å²) in [6.45, 7) is 3.25. The average molecular weight is 319 g/mol. The van der Waals surface area contributed by atoms with Gasteiger partial charge in [-0.25, -0.2) is 13.1 Å². The van der Waals surface area contributed by atoms with Gasteiger partial charge in [0, 0.05) is 19.3 Å². The van der Waals surface area contributed by atoms with E-state index < -0.39 is 10.0 Å². The molecule has 3 N–H and O–H groups in total. The summed E-state index contributed by atoms with van der Waals surface area (Å²) in [5.41, 5.74) is 5.91. The molecule has 0 aromatic heterocycles. The zero-order valence-corrected chi connectivity index (χ0v) is 12.9. The maximum atomic E-state index is 12.3. The summed E-state index contributed by atoms with van der Waals surface area (Å²) in [7, 11) is -3.58. The van der Waals surface area contributed by atoms with E-state index in [-0.39, 0.29) is 16.6 Å². The summed E-state index contributed by atoms with van der Waals surface area (Å²) < 4.78 is 32.6. The van der Waals surface area contributed by atoms with Crippen molar-refractivity contribution < 1.29 is 13.2 Å². The fourth-order valence-corrected chi connectivity index (χ4v) is 3.78. The van der Waals surface area contributed by atoms with Gasteiger partial charge in [0.25, 0.3) is 0 Å². The monoisotopic (exact) mass is 318 g/mol. The summed E-state index contributed by atoms with van der Waals surface area (Å²) in [5, 5.41) is 0.349. The minimum absolute atomic E-state index is 0.137. The highest BCUT2D eigenvalue weighted by atomic mass is 35.5. The van der Waals surface area contributed by atoms with Gasteiger partial charge in [-0.3, -0.25) is 0 Å². The van der Waals surface area contributed by atoms with Crippen molar-refractivity contribution in [3.63, 3.8) is 0 Å². The summed E-state index contributed by atoms with van der Waals surface area (Å²) in [4.78, 5) is 0.137. The first kappa shape index (κ1) is 15.6. The molecule has 1 unspecified atom stereocenters. The minimum Gasteiger partial charge on any atom is -0.397 e. The van der Waals surface area contributed by atoms with Crippen LogP contribution in [-0.4, -0.2) is 27.7 Å². The van der Waals surface area contributed by atoms with E-state index in [4.69, 9.17) is 22.1 Å². The van der Waals surface area contributed by atoms with Crippen molar-refractivity contribution in [1.29, 1.82) is 0 Å². The van der Waals surface area contributed by atoms with Crippen LogP contribution >= 0.6 is 11.6 Å². The van der Waals surface area contributed by atoms with Crippen LogP contribution in [0.5, 0.6) is 0 Å². The topological polar surface area (TPSA) is 81.4 Å². The lowest BCUT2D eigenvalue weighted by atomic mass is 9.94. The number of benzene rings is 1. The van der Waals surface area contributed by atoms with Crippen molar-refractivity contribution >= 4 is 27.3 Å². The lowest BCUT2D eigenvalue weighted by Crippen LogP contribution is -2.40. The molecule has 1 aliphatic heterocycles. The van der Waals surface area contributed by atoms with Gasteiger partial charge in [0.1, 0.15) is 0 Å². The summed E-state index contributed by atoms with van der Waals surface area (Å²) in [6, 6.07) is 4.18. The molecule has 7 heteroatoms. The van der Waals surface area contributed by atoms with Gasteiger partial charge in [-0.1, -0.05) is 11.6 Å². The Kier molecular flexibility index (Phi) is 4.90. The first-order valence-electron chi connectivity index (χ1n) is 6.55. The molecule has 2 rings (SSSR count). The Labute approximate surface area is 124 Å². The van der Waals surface area contributed by atoms with Crippen molar-refractivity contribution in [3.8, 4) is 0 Å². The normalized spacial score (nSPS) is 18.9. The average Bonchev–Trinajstić information content (AvgIpc) is 2.42. The molecular weight excluding hydrogens is 300 g/mol. The molecule has 1 fully saturated rings. The molecule has 0 bridgehead atoms. The Balaban J connectivity index is 2.11. The summed E-state index contributed by atoms with van der Waals surface area (Å²) in [5.74, 6) is 0.295. The zero-order chi connectivity index (χ0) is 14.8. The molecule has 0 amide bonds. The maximum Gasteiger partial charge on any atom is 0.240 e. The molecule has 1 saturated heterocycles. The van der Waals surface area contributed by atoms with Gasteiger partial charge in [0.15, 0.2) is 0 Å². The Morgan fingerprint density at radius 1 is 1.40 bits per heavy atom. The lowest BCUT2D eigenvalue weighted by molar-refractivity contribution is 0.0585. The van der Waals surface area contributed by atoms with Gasteiger partial charge in [-0.2, -0.15) is 0 Å². The molecule has 0 radical (unpaired) electrons. The quantitative estimate of drug-likeness (QED) is 0.832. The van der Waals surface area contributed by atoms with Gasteiger partial charge in [0.2, 0.25) is 10.0 Å². The largest absolute Gasteiger partial charge is 0.397 e. The van der Waals surface area contributed by atoms with Crippen molar-refractivity contribution in [2.24, 2.45) is 5.92 Å². The highest BCUT2D eigenvalue weighted by Crippen LogP contribution is 2.24. The van der Waals surface area contributed by atoms with Crippen molar-refractivity contribution in [2.45, 2.75) is 30.7 Å². The Hall–Kier alpha value is -0.820. The van der Waals surface area contributed by atoms with Crippen LogP contribution in [-0.2, 0) is 14.8 Å². The predicted molar refractivity (Wildman–Crippen MR) is 79.2 cm³/mol. The zero-order valence-electron chi connectivity index (χ0n) is 11.3. The van der Waals surface area contributed by atoms with Crippen LogP contribution in [0.25, 0.3) is 0 Å². The van der Waals surface area contributed by atoms with E-state index in [2.05, 4.69) is 4.72 Å². The van der Waals surface area contributed by atoms with E-state index in [0.29, 0.717) is 24.2 Å². The van der Waals surface area contributed by atoms with E-state index in [1.807, 2.05) is 6.92 Å². The summed E-state index contributed by atoms with van der Waals surface area (Å²) >= 11 is 5.80. The summed E-state index contributed by atoms with van der Waals surface area (Å²) in [6.07, 6.45) is 1.74. The Morgan fingerprint density at radius 2 is 2.05 bits per heavy atom. The van der Waals surface area contributed by atoms with Gasteiger partial charge >= 0.3 is 0 Å². The third-order valence-electron chi connectivity index (χ3n) is 3.59. The van der Waals surface area contributed by atoms with Crippen molar-refractivity contribution in [2.75, 3.05) is 18.9 Å². The maximum absolute atomic E-state index is 12.3. The molecule has 1 aliphatic rings. The van der Waals surface area contributed by atoms with E-state index in [9.17, 15) is 8.42 Å². The van der Waals surface area contributed by atoms with E-state index >= 15 is 0 Å². The fraction of sp³-hybridized carbons (Fsp3) is 0.538. The highest BCUT2D eigenvalue weighted by molar-refractivity contribution is 7.89. The molecule has 0 aliphatic carbocycles.